The standard InChI is InChI=1S/C12H17ClN2O2/c1-2-10-11(13)14-8-15-12(10)17-7-9-5-3-4-6-16-9/h8-9H,2-7H2,1H3. The SMILES string of the molecule is CCc1c(Cl)ncnc1OCC1CCCCO1. The van der Waals surface area contributed by atoms with E-state index in [4.69, 9.17) is 21.1 Å². The zero-order valence-electron chi connectivity index (χ0n) is 9.99. The van der Waals surface area contributed by atoms with E-state index in [-0.39, 0.29) is 6.10 Å². The molecule has 0 saturated carbocycles. The van der Waals surface area contributed by atoms with Crippen molar-refractivity contribution in [3.05, 3.63) is 17.0 Å². The topological polar surface area (TPSA) is 44.2 Å². The van der Waals surface area contributed by atoms with Crippen molar-refractivity contribution in [1.82, 2.24) is 9.97 Å². The number of hydrogen-bond acceptors (Lipinski definition) is 4. The highest BCUT2D eigenvalue weighted by atomic mass is 35.5. The van der Waals surface area contributed by atoms with Crippen LogP contribution in [0.3, 0.4) is 0 Å². The van der Waals surface area contributed by atoms with Gasteiger partial charge in [-0.15, -0.1) is 0 Å². The van der Waals surface area contributed by atoms with Crippen LogP contribution in [-0.2, 0) is 11.2 Å². The Hall–Kier alpha value is -0.870. The van der Waals surface area contributed by atoms with Crippen LogP contribution in [0, 0.1) is 0 Å². The van der Waals surface area contributed by atoms with Gasteiger partial charge in [0, 0.05) is 6.61 Å². The number of rotatable bonds is 4. The molecule has 0 aromatic carbocycles. The lowest BCUT2D eigenvalue weighted by Crippen LogP contribution is -2.26. The van der Waals surface area contributed by atoms with Gasteiger partial charge in [-0.2, -0.15) is 0 Å². The molecule has 1 saturated heterocycles. The Morgan fingerprint density at radius 3 is 3.06 bits per heavy atom. The first-order chi connectivity index (χ1) is 8.31. The van der Waals surface area contributed by atoms with E-state index in [1.54, 1.807) is 0 Å². The van der Waals surface area contributed by atoms with Gasteiger partial charge >= 0.3 is 0 Å². The molecule has 0 radical (unpaired) electrons. The maximum Gasteiger partial charge on any atom is 0.221 e. The highest BCUT2D eigenvalue weighted by molar-refractivity contribution is 6.30. The Bertz CT molecular complexity index is 368. The molecule has 0 aliphatic carbocycles. The van der Waals surface area contributed by atoms with Crippen molar-refractivity contribution in [3.8, 4) is 5.88 Å². The van der Waals surface area contributed by atoms with E-state index in [2.05, 4.69) is 9.97 Å². The molecule has 4 nitrogen and oxygen atoms in total. The molecule has 1 aromatic rings. The first-order valence-corrected chi connectivity index (χ1v) is 6.42. The minimum Gasteiger partial charge on any atom is -0.475 e. The number of aromatic nitrogens is 2. The van der Waals surface area contributed by atoms with Gasteiger partial charge in [-0.05, 0) is 25.7 Å². The smallest absolute Gasteiger partial charge is 0.221 e. The largest absolute Gasteiger partial charge is 0.475 e. The fourth-order valence-corrected chi connectivity index (χ4v) is 2.17. The van der Waals surface area contributed by atoms with Crippen molar-refractivity contribution in [2.45, 2.75) is 38.7 Å². The maximum atomic E-state index is 5.99. The molecule has 1 aromatic heterocycles. The lowest BCUT2D eigenvalue weighted by molar-refractivity contribution is -0.0121. The lowest BCUT2D eigenvalue weighted by Gasteiger charge is -2.22. The fraction of sp³-hybridized carbons (Fsp3) is 0.667. The highest BCUT2D eigenvalue weighted by Gasteiger charge is 2.16. The predicted molar refractivity (Wildman–Crippen MR) is 65.5 cm³/mol. The van der Waals surface area contributed by atoms with Crippen LogP contribution in [-0.4, -0.2) is 29.3 Å². The second-order valence-corrected chi connectivity index (χ2v) is 4.46. The fourth-order valence-electron chi connectivity index (χ4n) is 1.91. The molecule has 0 amide bonds. The van der Waals surface area contributed by atoms with Crippen LogP contribution < -0.4 is 4.74 Å². The van der Waals surface area contributed by atoms with E-state index in [1.807, 2.05) is 6.92 Å². The van der Waals surface area contributed by atoms with Gasteiger partial charge in [0.15, 0.2) is 0 Å². The zero-order chi connectivity index (χ0) is 12.1. The minimum atomic E-state index is 0.183. The van der Waals surface area contributed by atoms with Gasteiger partial charge in [0.2, 0.25) is 5.88 Å². The van der Waals surface area contributed by atoms with Gasteiger partial charge in [0.1, 0.15) is 18.1 Å². The Balaban J connectivity index is 1.95. The van der Waals surface area contributed by atoms with Crippen LogP contribution in [0.2, 0.25) is 5.15 Å². The molecule has 0 bridgehead atoms. The molecule has 1 fully saturated rings. The van der Waals surface area contributed by atoms with E-state index in [0.29, 0.717) is 17.6 Å². The van der Waals surface area contributed by atoms with E-state index < -0.39 is 0 Å². The van der Waals surface area contributed by atoms with Crippen molar-refractivity contribution in [2.75, 3.05) is 13.2 Å². The highest BCUT2D eigenvalue weighted by Crippen LogP contribution is 2.23. The summed E-state index contributed by atoms with van der Waals surface area (Å²) < 4.78 is 11.3. The average molecular weight is 257 g/mol. The van der Waals surface area contributed by atoms with Crippen molar-refractivity contribution in [1.29, 1.82) is 0 Å². The van der Waals surface area contributed by atoms with E-state index in [9.17, 15) is 0 Å². The molecule has 2 rings (SSSR count). The molecule has 5 heteroatoms. The molecular formula is C12H17ClN2O2. The summed E-state index contributed by atoms with van der Waals surface area (Å²) in [5.74, 6) is 0.585. The summed E-state index contributed by atoms with van der Waals surface area (Å²) in [6.45, 7) is 3.38. The summed E-state index contributed by atoms with van der Waals surface area (Å²) in [5.41, 5.74) is 0.866. The first-order valence-electron chi connectivity index (χ1n) is 6.05. The first kappa shape index (κ1) is 12.6. The van der Waals surface area contributed by atoms with Crippen molar-refractivity contribution in [2.24, 2.45) is 0 Å². The lowest BCUT2D eigenvalue weighted by atomic mass is 10.1. The minimum absolute atomic E-state index is 0.183. The van der Waals surface area contributed by atoms with Crippen molar-refractivity contribution in [3.63, 3.8) is 0 Å². The molecule has 1 atom stereocenters. The second kappa shape index (κ2) is 6.17. The Labute approximate surface area is 106 Å². The van der Waals surface area contributed by atoms with Crippen molar-refractivity contribution >= 4 is 11.6 Å². The van der Waals surface area contributed by atoms with Crippen LogP contribution in [0.4, 0.5) is 0 Å². The molecule has 0 spiro atoms. The van der Waals surface area contributed by atoms with E-state index >= 15 is 0 Å². The predicted octanol–water partition coefficient (Wildman–Crippen LogP) is 2.64. The van der Waals surface area contributed by atoms with Gasteiger partial charge in [0.25, 0.3) is 0 Å². The summed E-state index contributed by atoms with van der Waals surface area (Å²) in [4.78, 5) is 8.07. The number of halogens is 1. The second-order valence-electron chi connectivity index (χ2n) is 4.10. The van der Waals surface area contributed by atoms with Crippen LogP contribution in [0.5, 0.6) is 5.88 Å². The third-order valence-corrected chi connectivity index (χ3v) is 3.21. The Morgan fingerprint density at radius 2 is 2.35 bits per heavy atom. The molecular weight excluding hydrogens is 240 g/mol. The van der Waals surface area contributed by atoms with Gasteiger partial charge in [-0.1, -0.05) is 18.5 Å². The van der Waals surface area contributed by atoms with Crippen LogP contribution in [0.25, 0.3) is 0 Å². The molecule has 1 unspecified atom stereocenters. The van der Waals surface area contributed by atoms with Gasteiger partial charge < -0.3 is 9.47 Å². The third kappa shape index (κ3) is 3.30. The molecule has 0 N–H and O–H groups in total. The monoisotopic (exact) mass is 256 g/mol. The number of hydrogen-bond donors (Lipinski definition) is 0. The zero-order valence-corrected chi connectivity index (χ0v) is 10.7. The molecule has 94 valence electrons. The normalized spacial score (nSPS) is 20.2. The van der Waals surface area contributed by atoms with Crippen LogP contribution >= 0.6 is 11.6 Å². The van der Waals surface area contributed by atoms with Crippen LogP contribution in [0.1, 0.15) is 31.7 Å². The van der Waals surface area contributed by atoms with Crippen LogP contribution in [0.15, 0.2) is 6.33 Å². The van der Waals surface area contributed by atoms with E-state index in [0.717, 1.165) is 31.4 Å². The molecule has 2 heterocycles. The summed E-state index contributed by atoms with van der Waals surface area (Å²) >= 11 is 5.99. The summed E-state index contributed by atoms with van der Waals surface area (Å²) in [7, 11) is 0. The van der Waals surface area contributed by atoms with Gasteiger partial charge in [-0.3, -0.25) is 0 Å². The van der Waals surface area contributed by atoms with Crippen molar-refractivity contribution < 1.29 is 9.47 Å². The summed E-state index contributed by atoms with van der Waals surface area (Å²) in [6.07, 6.45) is 5.79. The average Bonchev–Trinajstić information content (AvgIpc) is 2.37. The third-order valence-electron chi connectivity index (χ3n) is 2.89. The van der Waals surface area contributed by atoms with Gasteiger partial charge in [-0.25, -0.2) is 9.97 Å². The Morgan fingerprint density at radius 1 is 1.47 bits per heavy atom. The van der Waals surface area contributed by atoms with Gasteiger partial charge in [0.05, 0.1) is 11.7 Å². The quantitative estimate of drug-likeness (QED) is 0.777. The van der Waals surface area contributed by atoms with E-state index in [1.165, 1.54) is 12.7 Å². The molecule has 1 aliphatic heterocycles. The maximum absolute atomic E-state index is 5.99. The molecule has 17 heavy (non-hydrogen) atoms. The summed E-state index contributed by atoms with van der Waals surface area (Å²) in [6, 6.07) is 0. The Kier molecular flexibility index (Phi) is 4.57. The number of nitrogens with zero attached hydrogens (tertiary/aromatic N) is 2. The molecule has 1 aliphatic rings. The number of ether oxygens (including phenoxy) is 2. The summed E-state index contributed by atoms with van der Waals surface area (Å²) in [5, 5.41) is 0.474.